The first kappa shape index (κ1) is 29.4. The largest absolute Gasteiger partial charge is 0.490 e. The molecule has 0 unspecified atom stereocenters. The summed E-state index contributed by atoms with van der Waals surface area (Å²) in [5.41, 5.74) is 9.54. The van der Waals surface area contributed by atoms with Crippen LogP contribution in [0.2, 0.25) is 0 Å². The SMILES string of the molecule is CC1(C)C=Cc2cccc(CN3CCC4(CC3)CCN(C(=O)c3ccncc3N)CC4)c2O1.O=C(O)C(F)(F)F. The second-order valence-electron chi connectivity index (χ2n) is 11.2. The van der Waals surface area contributed by atoms with Gasteiger partial charge in [0.05, 0.1) is 17.4 Å². The van der Waals surface area contributed by atoms with E-state index in [9.17, 15) is 18.0 Å². The lowest BCUT2D eigenvalue weighted by molar-refractivity contribution is -0.192. The zero-order valence-corrected chi connectivity index (χ0v) is 22.7. The van der Waals surface area contributed by atoms with Crippen LogP contribution in [0.25, 0.3) is 6.08 Å². The highest BCUT2D eigenvalue weighted by molar-refractivity contribution is 5.98. The Labute approximate surface area is 231 Å². The highest BCUT2D eigenvalue weighted by Crippen LogP contribution is 2.42. The number of carboxylic acid groups (broad SMARTS) is 1. The molecule has 3 N–H and O–H groups in total. The van der Waals surface area contributed by atoms with Crippen LogP contribution in [0.4, 0.5) is 18.9 Å². The van der Waals surface area contributed by atoms with Crippen LogP contribution in [0.3, 0.4) is 0 Å². The number of anilines is 1. The molecule has 2 fully saturated rings. The fraction of sp³-hybridized carbons (Fsp3) is 0.483. The van der Waals surface area contributed by atoms with Gasteiger partial charge in [0.15, 0.2) is 0 Å². The van der Waals surface area contributed by atoms with E-state index in [1.165, 1.54) is 24.0 Å². The standard InChI is InChI=1S/C27H34N4O2.C2HF3O2/c1-26(2)8-6-20-4-3-5-21(24(20)33-26)19-30-14-9-27(10-15-30)11-16-31(17-12-27)25(32)22-7-13-29-18-23(22)28;3-2(4,5)1(6)7/h3-8,13,18H,9-12,14-17,19,28H2,1-2H3;(H,6,7). The number of benzene rings is 1. The van der Waals surface area contributed by atoms with Crippen molar-refractivity contribution >= 4 is 23.6 Å². The number of ether oxygens (including phenoxy) is 1. The van der Waals surface area contributed by atoms with E-state index in [0.717, 1.165) is 51.3 Å². The van der Waals surface area contributed by atoms with Crippen molar-refractivity contribution in [2.45, 2.75) is 57.9 Å². The van der Waals surface area contributed by atoms with Crippen LogP contribution in [-0.4, -0.2) is 69.7 Å². The molecule has 1 amide bonds. The lowest BCUT2D eigenvalue weighted by Gasteiger charge is -2.47. The third-order valence-corrected chi connectivity index (χ3v) is 7.90. The van der Waals surface area contributed by atoms with E-state index >= 15 is 0 Å². The fourth-order valence-corrected chi connectivity index (χ4v) is 5.45. The monoisotopic (exact) mass is 560 g/mol. The number of piperidine rings is 2. The number of aromatic nitrogens is 1. The Morgan fingerprint density at radius 2 is 1.70 bits per heavy atom. The summed E-state index contributed by atoms with van der Waals surface area (Å²) in [5, 5.41) is 7.12. The number of hydrogen-bond donors (Lipinski definition) is 2. The number of rotatable bonds is 3. The maximum atomic E-state index is 12.9. The highest BCUT2D eigenvalue weighted by Gasteiger charge is 2.39. The number of likely N-dealkylation sites (tertiary alicyclic amines) is 2. The Balaban J connectivity index is 0.000000470. The Bertz CT molecular complexity index is 1260. The number of alkyl halides is 3. The molecule has 0 radical (unpaired) electrons. The van der Waals surface area contributed by atoms with Crippen LogP contribution >= 0.6 is 0 Å². The van der Waals surface area contributed by atoms with E-state index in [1.54, 1.807) is 18.5 Å². The molecule has 1 aromatic heterocycles. The van der Waals surface area contributed by atoms with Gasteiger partial charge >= 0.3 is 12.1 Å². The van der Waals surface area contributed by atoms with Crippen molar-refractivity contribution in [3.05, 3.63) is 59.4 Å². The summed E-state index contributed by atoms with van der Waals surface area (Å²) in [4.78, 5) is 30.3. The third-order valence-electron chi connectivity index (χ3n) is 7.90. The number of nitrogens with zero attached hydrogens (tertiary/aromatic N) is 3. The van der Waals surface area contributed by atoms with E-state index in [1.807, 2.05) is 4.90 Å². The predicted molar refractivity (Wildman–Crippen MR) is 145 cm³/mol. The number of pyridine rings is 1. The second-order valence-corrected chi connectivity index (χ2v) is 11.2. The number of para-hydroxylation sites is 1. The van der Waals surface area contributed by atoms with Crippen molar-refractivity contribution < 1.29 is 32.6 Å². The molecule has 5 rings (SSSR count). The summed E-state index contributed by atoms with van der Waals surface area (Å²) in [6, 6.07) is 8.19. The molecule has 1 spiro atoms. The summed E-state index contributed by atoms with van der Waals surface area (Å²) in [6.07, 6.45) is 6.94. The number of nitrogens with two attached hydrogens (primary N) is 1. The molecule has 11 heteroatoms. The number of amides is 1. The van der Waals surface area contributed by atoms with Gasteiger partial charge in [-0.3, -0.25) is 14.7 Å². The van der Waals surface area contributed by atoms with E-state index in [4.69, 9.17) is 20.4 Å². The molecule has 0 saturated carbocycles. The number of carbonyl (C=O) groups excluding carboxylic acids is 1. The first-order chi connectivity index (χ1) is 18.8. The molecule has 216 valence electrons. The maximum absolute atomic E-state index is 12.9. The van der Waals surface area contributed by atoms with Crippen molar-refractivity contribution in [2.24, 2.45) is 5.41 Å². The normalized spacial score (nSPS) is 19.7. The maximum Gasteiger partial charge on any atom is 0.490 e. The van der Waals surface area contributed by atoms with Gasteiger partial charge in [0.2, 0.25) is 0 Å². The van der Waals surface area contributed by atoms with E-state index in [-0.39, 0.29) is 11.5 Å². The van der Waals surface area contributed by atoms with Crippen LogP contribution in [0, 0.1) is 5.41 Å². The van der Waals surface area contributed by atoms with Gasteiger partial charge in [0.1, 0.15) is 11.4 Å². The minimum atomic E-state index is -5.08. The molecule has 2 aromatic rings. The summed E-state index contributed by atoms with van der Waals surface area (Å²) in [7, 11) is 0. The summed E-state index contributed by atoms with van der Waals surface area (Å²) < 4.78 is 38.1. The van der Waals surface area contributed by atoms with Crippen LogP contribution in [0.5, 0.6) is 5.75 Å². The van der Waals surface area contributed by atoms with Crippen molar-refractivity contribution in [1.29, 1.82) is 0 Å². The van der Waals surface area contributed by atoms with Crippen LogP contribution in [-0.2, 0) is 11.3 Å². The summed E-state index contributed by atoms with van der Waals surface area (Å²) >= 11 is 0. The van der Waals surface area contributed by atoms with Gasteiger partial charge in [-0.15, -0.1) is 0 Å². The molecule has 1 aromatic carbocycles. The molecule has 8 nitrogen and oxygen atoms in total. The number of aliphatic carboxylic acids is 1. The molecular formula is C29H35F3N4O4. The number of nitrogen functional groups attached to an aromatic ring is 1. The zero-order chi connectivity index (χ0) is 29.1. The smallest absolute Gasteiger partial charge is 0.483 e. The van der Waals surface area contributed by atoms with E-state index in [2.05, 4.69) is 54.1 Å². The van der Waals surface area contributed by atoms with Crippen LogP contribution in [0.15, 0.2) is 42.7 Å². The van der Waals surface area contributed by atoms with Crippen molar-refractivity contribution in [3.8, 4) is 5.75 Å². The molecule has 0 aliphatic carbocycles. The number of halogens is 3. The van der Waals surface area contributed by atoms with E-state index < -0.39 is 12.1 Å². The average Bonchev–Trinajstić information content (AvgIpc) is 2.90. The quantitative estimate of drug-likeness (QED) is 0.544. The van der Waals surface area contributed by atoms with Crippen LogP contribution < -0.4 is 10.5 Å². The Morgan fingerprint density at radius 1 is 1.07 bits per heavy atom. The Hall–Kier alpha value is -3.60. The minimum absolute atomic E-state index is 0.0352. The van der Waals surface area contributed by atoms with E-state index in [0.29, 0.717) is 16.7 Å². The van der Waals surface area contributed by atoms with Crippen molar-refractivity contribution in [3.63, 3.8) is 0 Å². The van der Waals surface area contributed by atoms with Gasteiger partial charge in [0.25, 0.3) is 5.91 Å². The first-order valence-electron chi connectivity index (χ1n) is 13.3. The average molecular weight is 561 g/mol. The molecule has 0 bridgehead atoms. The lowest BCUT2D eigenvalue weighted by atomic mass is 9.71. The van der Waals surface area contributed by atoms with Gasteiger partial charge in [-0.05, 0) is 70.2 Å². The molecule has 3 aliphatic heterocycles. The number of carboxylic acids is 1. The van der Waals surface area contributed by atoms with Gasteiger partial charge in [0, 0.05) is 37.0 Å². The predicted octanol–water partition coefficient (Wildman–Crippen LogP) is 5.00. The third kappa shape index (κ3) is 6.93. The van der Waals surface area contributed by atoms with Crippen LogP contribution in [0.1, 0.15) is 61.0 Å². The van der Waals surface area contributed by atoms with Crippen molar-refractivity contribution in [2.75, 3.05) is 31.9 Å². The summed E-state index contributed by atoms with van der Waals surface area (Å²) in [6.45, 7) is 8.93. The summed E-state index contributed by atoms with van der Waals surface area (Å²) in [5.74, 6) is -1.69. The first-order valence-corrected chi connectivity index (χ1v) is 13.3. The fourth-order valence-electron chi connectivity index (χ4n) is 5.45. The topological polar surface area (TPSA) is 109 Å². The van der Waals surface area contributed by atoms with Crippen molar-refractivity contribution in [1.82, 2.24) is 14.8 Å². The number of hydrogen-bond acceptors (Lipinski definition) is 6. The minimum Gasteiger partial charge on any atom is -0.483 e. The van der Waals surface area contributed by atoms with Gasteiger partial charge in [-0.2, -0.15) is 13.2 Å². The molecule has 3 aliphatic rings. The molecular weight excluding hydrogens is 525 g/mol. The second kappa shape index (κ2) is 11.5. The van der Waals surface area contributed by atoms with Gasteiger partial charge < -0.3 is 20.5 Å². The molecule has 40 heavy (non-hydrogen) atoms. The Kier molecular flexibility index (Phi) is 8.44. The number of fused-ring (bicyclic) bond motifs is 1. The Morgan fingerprint density at radius 3 is 2.30 bits per heavy atom. The van der Waals surface area contributed by atoms with Gasteiger partial charge in [-0.25, -0.2) is 4.79 Å². The number of carbonyl (C=O) groups is 2. The zero-order valence-electron chi connectivity index (χ0n) is 22.7. The highest BCUT2D eigenvalue weighted by atomic mass is 19.4. The lowest BCUT2D eigenvalue weighted by Crippen LogP contribution is -2.48. The molecule has 2 saturated heterocycles. The molecule has 0 atom stereocenters. The molecule has 4 heterocycles. The van der Waals surface area contributed by atoms with Gasteiger partial charge in [-0.1, -0.05) is 24.3 Å².